The number of aliphatic hydroxyl groups is 1. The van der Waals surface area contributed by atoms with Crippen molar-refractivity contribution in [1.29, 1.82) is 0 Å². The van der Waals surface area contributed by atoms with Gasteiger partial charge in [0, 0.05) is 13.2 Å². The van der Waals surface area contributed by atoms with Crippen LogP contribution in [0.3, 0.4) is 0 Å². The van der Waals surface area contributed by atoms with Crippen LogP contribution in [0.4, 0.5) is 0 Å². The van der Waals surface area contributed by atoms with E-state index in [-0.39, 0.29) is 18.8 Å². The van der Waals surface area contributed by atoms with Gasteiger partial charge in [-0.2, -0.15) is 0 Å². The summed E-state index contributed by atoms with van der Waals surface area (Å²) >= 11 is 0. The Morgan fingerprint density at radius 3 is 2.53 bits per heavy atom. The molecule has 0 radical (unpaired) electrons. The summed E-state index contributed by atoms with van der Waals surface area (Å²) in [5.74, 6) is -0.462. The summed E-state index contributed by atoms with van der Waals surface area (Å²) in [7, 11) is 1.30. The van der Waals surface area contributed by atoms with E-state index in [0.717, 1.165) is 0 Å². The first kappa shape index (κ1) is 14.1. The molecule has 0 bridgehead atoms. The summed E-state index contributed by atoms with van der Waals surface area (Å²) in [5, 5.41) is 8.46. The minimum atomic E-state index is -0.462. The number of rotatable bonds is 9. The van der Waals surface area contributed by atoms with Crippen LogP contribution >= 0.6 is 0 Å². The largest absolute Gasteiger partial charge is 0.466 e. The lowest BCUT2D eigenvalue weighted by molar-refractivity contribution is -0.136. The molecule has 0 aromatic heterocycles. The molecule has 0 saturated carbocycles. The first-order chi connectivity index (χ1) is 7.22. The van der Waals surface area contributed by atoms with Crippen LogP contribution < -0.4 is 0 Å². The molecule has 0 aliphatic heterocycles. The van der Waals surface area contributed by atoms with Gasteiger partial charge in [0.15, 0.2) is 0 Å². The van der Waals surface area contributed by atoms with Gasteiger partial charge in [0.25, 0.3) is 0 Å². The van der Waals surface area contributed by atoms with Crippen molar-refractivity contribution in [3.63, 3.8) is 0 Å². The van der Waals surface area contributed by atoms with E-state index in [4.69, 9.17) is 14.6 Å². The maximum absolute atomic E-state index is 10.9. The minimum Gasteiger partial charge on any atom is -0.466 e. The lowest BCUT2D eigenvalue weighted by Gasteiger charge is -2.06. The zero-order chi connectivity index (χ0) is 11.5. The van der Waals surface area contributed by atoms with Crippen molar-refractivity contribution in [3.05, 3.63) is 12.2 Å². The third kappa shape index (κ3) is 8.11. The molecule has 0 spiro atoms. The summed E-state index contributed by atoms with van der Waals surface area (Å²) in [6, 6.07) is 0. The minimum absolute atomic E-state index is 0.125. The van der Waals surface area contributed by atoms with E-state index < -0.39 is 5.97 Å². The SMILES string of the molecule is C=C(COCCOCCCO)C(=O)OC. The highest BCUT2D eigenvalue weighted by atomic mass is 16.5. The second kappa shape index (κ2) is 9.64. The lowest BCUT2D eigenvalue weighted by Crippen LogP contribution is -2.12. The molecule has 88 valence electrons. The molecule has 5 heteroatoms. The van der Waals surface area contributed by atoms with Crippen LogP contribution in [0.2, 0.25) is 0 Å². The third-order valence-electron chi connectivity index (χ3n) is 1.57. The monoisotopic (exact) mass is 218 g/mol. The molecule has 0 aliphatic rings. The van der Waals surface area contributed by atoms with Gasteiger partial charge in [0.1, 0.15) is 0 Å². The Hall–Kier alpha value is -0.910. The average molecular weight is 218 g/mol. The standard InChI is InChI=1S/C10H18O5/c1-9(10(12)13-2)8-15-7-6-14-5-3-4-11/h11H,1,3-8H2,2H3. The summed E-state index contributed by atoms with van der Waals surface area (Å²) in [6.45, 7) is 5.11. The number of hydrogen-bond donors (Lipinski definition) is 1. The zero-order valence-corrected chi connectivity index (χ0v) is 9.03. The zero-order valence-electron chi connectivity index (χ0n) is 9.03. The number of carbonyl (C=O) groups excluding carboxylic acids is 1. The van der Waals surface area contributed by atoms with Crippen molar-refractivity contribution in [2.75, 3.05) is 40.1 Å². The van der Waals surface area contributed by atoms with Gasteiger partial charge in [0.05, 0.1) is 32.5 Å². The van der Waals surface area contributed by atoms with Gasteiger partial charge < -0.3 is 19.3 Å². The second-order valence-electron chi connectivity index (χ2n) is 2.84. The van der Waals surface area contributed by atoms with Crippen molar-refractivity contribution in [2.45, 2.75) is 6.42 Å². The Morgan fingerprint density at radius 1 is 1.27 bits per heavy atom. The van der Waals surface area contributed by atoms with Gasteiger partial charge in [-0.05, 0) is 6.42 Å². The highest BCUT2D eigenvalue weighted by molar-refractivity contribution is 5.87. The Labute approximate surface area is 89.6 Å². The van der Waals surface area contributed by atoms with Crippen molar-refractivity contribution >= 4 is 5.97 Å². The van der Waals surface area contributed by atoms with Crippen LogP contribution in [0.5, 0.6) is 0 Å². The highest BCUT2D eigenvalue weighted by Crippen LogP contribution is 1.94. The van der Waals surface area contributed by atoms with Crippen molar-refractivity contribution < 1.29 is 24.1 Å². The first-order valence-electron chi connectivity index (χ1n) is 4.74. The molecule has 0 amide bonds. The quantitative estimate of drug-likeness (QED) is 0.338. The number of carbonyl (C=O) groups is 1. The number of esters is 1. The van der Waals surface area contributed by atoms with Gasteiger partial charge in [-0.3, -0.25) is 0 Å². The number of ether oxygens (including phenoxy) is 3. The van der Waals surface area contributed by atoms with E-state index in [2.05, 4.69) is 11.3 Å². The Bertz CT molecular complexity index is 190. The maximum atomic E-state index is 10.9. The van der Waals surface area contributed by atoms with Crippen LogP contribution in [-0.4, -0.2) is 51.2 Å². The summed E-state index contributed by atoms with van der Waals surface area (Å²) in [6.07, 6.45) is 0.620. The van der Waals surface area contributed by atoms with Crippen LogP contribution in [0, 0.1) is 0 Å². The van der Waals surface area contributed by atoms with E-state index in [1.807, 2.05) is 0 Å². The number of methoxy groups -OCH3 is 1. The van der Waals surface area contributed by atoms with Gasteiger partial charge in [-0.25, -0.2) is 4.79 Å². The van der Waals surface area contributed by atoms with Crippen molar-refractivity contribution in [1.82, 2.24) is 0 Å². The van der Waals surface area contributed by atoms with Crippen LogP contribution in [0.1, 0.15) is 6.42 Å². The highest BCUT2D eigenvalue weighted by Gasteiger charge is 2.05. The van der Waals surface area contributed by atoms with E-state index in [1.54, 1.807) is 0 Å². The van der Waals surface area contributed by atoms with E-state index in [1.165, 1.54) is 7.11 Å². The smallest absolute Gasteiger partial charge is 0.335 e. The molecular weight excluding hydrogens is 200 g/mol. The Morgan fingerprint density at radius 2 is 1.93 bits per heavy atom. The fraction of sp³-hybridized carbons (Fsp3) is 0.700. The molecule has 0 saturated heterocycles. The Kier molecular flexibility index (Phi) is 9.05. The molecule has 0 fully saturated rings. The lowest BCUT2D eigenvalue weighted by atomic mass is 10.3. The van der Waals surface area contributed by atoms with E-state index in [9.17, 15) is 4.79 Å². The predicted molar refractivity (Wildman–Crippen MR) is 54.5 cm³/mol. The second-order valence-corrected chi connectivity index (χ2v) is 2.84. The molecule has 15 heavy (non-hydrogen) atoms. The summed E-state index contributed by atoms with van der Waals surface area (Å²) in [5.41, 5.74) is 0.285. The molecule has 0 unspecified atom stereocenters. The summed E-state index contributed by atoms with van der Waals surface area (Å²) < 4.78 is 14.7. The van der Waals surface area contributed by atoms with Crippen molar-refractivity contribution in [3.8, 4) is 0 Å². The number of hydrogen-bond acceptors (Lipinski definition) is 5. The first-order valence-corrected chi connectivity index (χ1v) is 4.74. The fourth-order valence-electron chi connectivity index (χ4n) is 0.785. The topological polar surface area (TPSA) is 65.0 Å². The van der Waals surface area contributed by atoms with Crippen LogP contribution in [0.15, 0.2) is 12.2 Å². The molecule has 0 aromatic rings. The molecule has 0 atom stereocenters. The van der Waals surface area contributed by atoms with E-state index in [0.29, 0.717) is 26.2 Å². The van der Waals surface area contributed by atoms with Crippen LogP contribution in [-0.2, 0) is 19.0 Å². The normalized spacial score (nSPS) is 10.0. The van der Waals surface area contributed by atoms with Crippen LogP contribution in [0.25, 0.3) is 0 Å². The Balaban J connectivity index is 3.24. The molecule has 0 heterocycles. The molecule has 1 N–H and O–H groups in total. The molecule has 5 nitrogen and oxygen atoms in total. The average Bonchev–Trinajstić information content (AvgIpc) is 2.26. The van der Waals surface area contributed by atoms with Gasteiger partial charge >= 0.3 is 5.97 Å². The molecule has 0 rings (SSSR count). The number of aliphatic hydroxyl groups excluding tert-OH is 1. The van der Waals surface area contributed by atoms with Gasteiger partial charge in [0.2, 0.25) is 0 Å². The molecule has 0 aromatic carbocycles. The van der Waals surface area contributed by atoms with Gasteiger partial charge in [-0.1, -0.05) is 6.58 Å². The maximum Gasteiger partial charge on any atom is 0.335 e. The predicted octanol–water partition coefficient (Wildman–Crippen LogP) is 0.131. The van der Waals surface area contributed by atoms with E-state index >= 15 is 0 Å². The molecule has 0 aliphatic carbocycles. The van der Waals surface area contributed by atoms with Gasteiger partial charge in [-0.15, -0.1) is 0 Å². The fourth-order valence-corrected chi connectivity index (χ4v) is 0.785. The molecular formula is C10H18O5. The van der Waals surface area contributed by atoms with Crippen molar-refractivity contribution in [2.24, 2.45) is 0 Å². The third-order valence-corrected chi connectivity index (χ3v) is 1.57. The summed E-state index contributed by atoms with van der Waals surface area (Å²) in [4.78, 5) is 10.9.